The molecule has 0 bridgehead atoms. The lowest BCUT2D eigenvalue weighted by atomic mass is 10.0. The zero-order valence-corrected chi connectivity index (χ0v) is 9.78. The molecule has 1 saturated heterocycles. The molecule has 88 valence electrons. The van der Waals surface area contributed by atoms with E-state index in [0.29, 0.717) is 11.7 Å². The van der Waals surface area contributed by atoms with Crippen LogP contribution in [0, 0.1) is 5.92 Å². The number of aromatic nitrogens is 2. The Bertz CT molecular complexity index is 348. The van der Waals surface area contributed by atoms with Gasteiger partial charge < -0.3 is 10.5 Å². The molecule has 2 N–H and O–H groups in total. The number of hydrogen-bond acceptors (Lipinski definition) is 4. The number of hydrogen-bond donors (Lipinski definition) is 1. The summed E-state index contributed by atoms with van der Waals surface area (Å²) in [6.07, 6.45) is 4.06. The lowest BCUT2D eigenvalue weighted by molar-refractivity contribution is 0.185. The van der Waals surface area contributed by atoms with E-state index in [9.17, 15) is 0 Å². The minimum absolute atomic E-state index is 0.566. The largest absolute Gasteiger partial charge is 0.384 e. The Morgan fingerprint density at radius 2 is 2.38 bits per heavy atom. The molecular weight excluding hydrogens is 202 g/mol. The van der Waals surface area contributed by atoms with Gasteiger partial charge >= 0.3 is 0 Å². The number of nitrogens with two attached hydrogens (primary N) is 1. The summed E-state index contributed by atoms with van der Waals surface area (Å²) in [4.78, 5) is 8.83. The minimum atomic E-state index is 0.566. The predicted octanol–water partition coefficient (Wildman–Crippen LogP) is 1.59. The second kappa shape index (κ2) is 5.25. The lowest BCUT2D eigenvalue weighted by Crippen LogP contribution is -2.10. The molecule has 2 heterocycles. The van der Waals surface area contributed by atoms with Gasteiger partial charge in [-0.05, 0) is 18.8 Å². The first-order valence-electron chi connectivity index (χ1n) is 5.98. The van der Waals surface area contributed by atoms with Crippen molar-refractivity contribution in [3.63, 3.8) is 0 Å². The normalized spacial score (nSPS) is 20.2. The van der Waals surface area contributed by atoms with Crippen LogP contribution in [0.25, 0.3) is 0 Å². The maximum atomic E-state index is 5.78. The van der Waals surface area contributed by atoms with Gasteiger partial charge in [-0.3, -0.25) is 0 Å². The van der Waals surface area contributed by atoms with E-state index in [1.165, 1.54) is 0 Å². The average molecular weight is 221 g/mol. The Morgan fingerprint density at radius 1 is 1.50 bits per heavy atom. The predicted molar refractivity (Wildman–Crippen MR) is 63.1 cm³/mol. The molecule has 1 atom stereocenters. The van der Waals surface area contributed by atoms with Crippen LogP contribution in [0.1, 0.15) is 31.3 Å². The van der Waals surface area contributed by atoms with Crippen LogP contribution in [-0.4, -0.2) is 23.2 Å². The molecule has 16 heavy (non-hydrogen) atoms. The molecule has 1 aromatic heterocycles. The smallest absolute Gasteiger partial charge is 0.131 e. The van der Waals surface area contributed by atoms with E-state index in [4.69, 9.17) is 10.5 Å². The highest BCUT2D eigenvalue weighted by Crippen LogP contribution is 2.17. The van der Waals surface area contributed by atoms with Gasteiger partial charge in [-0.2, -0.15) is 0 Å². The van der Waals surface area contributed by atoms with Crippen molar-refractivity contribution < 1.29 is 4.74 Å². The van der Waals surface area contributed by atoms with Crippen molar-refractivity contribution >= 4 is 5.82 Å². The molecule has 1 fully saturated rings. The van der Waals surface area contributed by atoms with E-state index < -0.39 is 0 Å². The van der Waals surface area contributed by atoms with Crippen LogP contribution < -0.4 is 5.73 Å². The average Bonchev–Trinajstić information content (AvgIpc) is 2.70. The van der Waals surface area contributed by atoms with Gasteiger partial charge in [-0.15, -0.1) is 0 Å². The second-order valence-electron chi connectivity index (χ2n) is 4.38. The number of rotatable bonds is 4. The lowest BCUT2D eigenvalue weighted by Gasteiger charge is -2.08. The molecule has 0 radical (unpaired) electrons. The Morgan fingerprint density at radius 3 is 3.06 bits per heavy atom. The molecule has 1 aliphatic heterocycles. The second-order valence-corrected chi connectivity index (χ2v) is 4.38. The first-order chi connectivity index (χ1) is 7.78. The molecule has 4 heteroatoms. The van der Waals surface area contributed by atoms with E-state index in [0.717, 1.165) is 50.4 Å². The number of nitrogens with zero attached hydrogens (tertiary/aromatic N) is 2. The molecule has 4 nitrogen and oxygen atoms in total. The highest BCUT2D eigenvalue weighted by atomic mass is 16.5. The summed E-state index contributed by atoms with van der Waals surface area (Å²) in [7, 11) is 0. The molecule has 0 aliphatic carbocycles. The third-order valence-electron chi connectivity index (χ3n) is 2.85. The van der Waals surface area contributed by atoms with Crippen LogP contribution in [0.2, 0.25) is 0 Å². The SMILES string of the molecule is CCCc1cc(N)nc(CC2CCOC2)n1. The Balaban J connectivity index is 2.06. The van der Waals surface area contributed by atoms with Crippen molar-refractivity contribution in [1.82, 2.24) is 9.97 Å². The number of nitrogen functional groups attached to an aromatic ring is 1. The first kappa shape index (κ1) is 11.3. The van der Waals surface area contributed by atoms with Crippen molar-refractivity contribution in [3.8, 4) is 0 Å². The van der Waals surface area contributed by atoms with Crippen molar-refractivity contribution in [3.05, 3.63) is 17.6 Å². The van der Waals surface area contributed by atoms with Crippen LogP contribution in [0.5, 0.6) is 0 Å². The zero-order chi connectivity index (χ0) is 11.4. The maximum Gasteiger partial charge on any atom is 0.131 e. The van der Waals surface area contributed by atoms with Gasteiger partial charge in [0.15, 0.2) is 0 Å². The summed E-state index contributed by atoms with van der Waals surface area (Å²) in [5, 5.41) is 0. The van der Waals surface area contributed by atoms with Crippen molar-refractivity contribution in [2.45, 2.75) is 32.6 Å². The maximum absolute atomic E-state index is 5.78. The van der Waals surface area contributed by atoms with Crippen LogP contribution in [0.3, 0.4) is 0 Å². The minimum Gasteiger partial charge on any atom is -0.384 e. The summed E-state index contributed by atoms with van der Waals surface area (Å²) in [6, 6.07) is 1.87. The fraction of sp³-hybridized carbons (Fsp3) is 0.667. The summed E-state index contributed by atoms with van der Waals surface area (Å²) in [5.41, 5.74) is 6.84. The fourth-order valence-corrected chi connectivity index (χ4v) is 2.05. The van der Waals surface area contributed by atoms with Crippen LogP contribution in [0.4, 0.5) is 5.82 Å². The number of ether oxygens (including phenoxy) is 1. The number of anilines is 1. The molecule has 0 aromatic carbocycles. The Labute approximate surface area is 96.2 Å². The van der Waals surface area contributed by atoms with Gasteiger partial charge in [-0.25, -0.2) is 9.97 Å². The van der Waals surface area contributed by atoms with Crippen LogP contribution >= 0.6 is 0 Å². The van der Waals surface area contributed by atoms with E-state index in [1.54, 1.807) is 0 Å². The third-order valence-corrected chi connectivity index (χ3v) is 2.85. The standard InChI is InChI=1S/C12H19N3O/c1-2-3-10-7-11(13)15-12(14-10)6-9-4-5-16-8-9/h7,9H,2-6,8H2,1H3,(H2,13,14,15). The van der Waals surface area contributed by atoms with Crippen LogP contribution in [0.15, 0.2) is 6.07 Å². The van der Waals surface area contributed by atoms with E-state index in [-0.39, 0.29) is 0 Å². The zero-order valence-electron chi connectivity index (χ0n) is 9.78. The van der Waals surface area contributed by atoms with Gasteiger partial charge in [-0.1, -0.05) is 13.3 Å². The molecule has 0 amide bonds. The molecular formula is C12H19N3O. The molecule has 1 aromatic rings. The van der Waals surface area contributed by atoms with Gasteiger partial charge in [0.25, 0.3) is 0 Å². The fourth-order valence-electron chi connectivity index (χ4n) is 2.05. The molecule has 1 unspecified atom stereocenters. The molecule has 0 spiro atoms. The van der Waals surface area contributed by atoms with Crippen LogP contribution in [-0.2, 0) is 17.6 Å². The number of aryl methyl sites for hydroxylation is 1. The monoisotopic (exact) mass is 221 g/mol. The topological polar surface area (TPSA) is 61.0 Å². The van der Waals surface area contributed by atoms with Crippen molar-refractivity contribution in [2.75, 3.05) is 18.9 Å². The summed E-state index contributed by atoms with van der Waals surface area (Å²) in [5.74, 6) is 2.03. The molecule has 2 rings (SSSR count). The van der Waals surface area contributed by atoms with Gasteiger partial charge in [0.2, 0.25) is 0 Å². The third kappa shape index (κ3) is 2.92. The highest BCUT2D eigenvalue weighted by Gasteiger charge is 2.17. The summed E-state index contributed by atoms with van der Waals surface area (Å²) < 4.78 is 5.35. The van der Waals surface area contributed by atoms with Crippen molar-refractivity contribution in [2.24, 2.45) is 5.92 Å². The first-order valence-corrected chi connectivity index (χ1v) is 5.98. The van der Waals surface area contributed by atoms with E-state index >= 15 is 0 Å². The summed E-state index contributed by atoms with van der Waals surface area (Å²) in [6.45, 7) is 3.85. The molecule has 1 aliphatic rings. The Hall–Kier alpha value is -1.16. The van der Waals surface area contributed by atoms with Gasteiger partial charge in [0.1, 0.15) is 11.6 Å². The molecule has 0 saturated carbocycles. The Kier molecular flexibility index (Phi) is 3.72. The van der Waals surface area contributed by atoms with Crippen molar-refractivity contribution in [1.29, 1.82) is 0 Å². The van der Waals surface area contributed by atoms with Gasteiger partial charge in [0, 0.05) is 31.4 Å². The highest BCUT2D eigenvalue weighted by molar-refractivity contribution is 5.30. The van der Waals surface area contributed by atoms with Gasteiger partial charge in [0.05, 0.1) is 0 Å². The van der Waals surface area contributed by atoms with E-state index in [2.05, 4.69) is 16.9 Å². The quantitative estimate of drug-likeness (QED) is 0.838. The summed E-state index contributed by atoms with van der Waals surface area (Å²) >= 11 is 0. The van der Waals surface area contributed by atoms with E-state index in [1.807, 2.05) is 6.07 Å².